The Morgan fingerprint density at radius 3 is 2.89 bits per heavy atom. The summed E-state index contributed by atoms with van der Waals surface area (Å²) < 4.78 is 0. The molecule has 1 aliphatic heterocycles. The Morgan fingerprint density at radius 2 is 2.17 bits per heavy atom. The first-order chi connectivity index (χ1) is 8.60. The average molecular weight is 269 g/mol. The third-order valence-electron chi connectivity index (χ3n) is 3.77. The van der Waals surface area contributed by atoms with E-state index in [9.17, 15) is 5.11 Å². The lowest BCUT2D eigenvalue weighted by Gasteiger charge is -2.39. The van der Waals surface area contributed by atoms with Crippen molar-refractivity contribution in [2.24, 2.45) is 0 Å². The van der Waals surface area contributed by atoms with Gasteiger partial charge in [0.15, 0.2) is 0 Å². The smallest absolute Gasteiger partial charge is 0.120 e. The topological polar surface area (TPSA) is 26.7 Å². The van der Waals surface area contributed by atoms with Crippen LogP contribution >= 0.6 is 11.6 Å². The highest BCUT2D eigenvalue weighted by molar-refractivity contribution is 6.30. The molecule has 3 nitrogen and oxygen atoms in total. The highest BCUT2D eigenvalue weighted by atomic mass is 35.5. The van der Waals surface area contributed by atoms with E-state index >= 15 is 0 Å². The number of halogens is 1. The molecule has 1 aliphatic rings. The summed E-state index contributed by atoms with van der Waals surface area (Å²) in [4.78, 5) is 4.80. The third-order valence-corrected chi connectivity index (χ3v) is 4.00. The van der Waals surface area contributed by atoms with Crippen molar-refractivity contribution in [3.63, 3.8) is 0 Å². The van der Waals surface area contributed by atoms with Crippen LogP contribution in [0, 0.1) is 0 Å². The maximum absolute atomic E-state index is 9.84. The number of hydrogen-bond acceptors (Lipinski definition) is 3. The minimum atomic E-state index is 0.339. The standard InChI is InChI=1S/C14H21ClN2O/c1-3-13-10-17(7-6-16(13)2)9-11-8-12(15)4-5-14(11)18/h4-5,8,13,18H,3,6-7,9-10H2,1-2H3. The van der Waals surface area contributed by atoms with Crippen LogP contribution in [0.15, 0.2) is 18.2 Å². The fourth-order valence-corrected chi connectivity index (χ4v) is 2.71. The van der Waals surface area contributed by atoms with Gasteiger partial charge in [0.05, 0.1) is 0 Å². The van der Waals surface area contributed by atoms with E-state index in [0.717, 1.165) is 38.2 Å². The van der Waals surface area contributed by atoms with Crippen LogP contribution in [0.4, 0.5) is 0 Å². The van der Waals surface area contributed by atoms with E-state index in [2.05, 4.69) is 23.8 Å². The fraction of sp³-hybridized carbons (Fsp3) is 0.571. The summed E-state index contributed by atoms with van der Waals surface area (Å²) in [5.74, 6) is 0.339. The predicted octanol–water partition coefficient (Wildman–Crippen LogP) is 2.57. The molecule has 0 aliphatic carbocycles. The monoisotopic (exact) mass is 268 g/mol. The van der Waals surface area contributed by atoms with E-state index < -0.39 is 0 Å². The van der Waals surface area contributed by atoms with Crippen LogP contribution in [0.1, 0.15) is 18.9 Å². The molecule has 1 unspecified atom stereocenters. The van der Waals surface area contributed by atoms with Crippen LogP contribution in [0.3, 0.4) is 0 Å². The summed E-state index contributed by atoms with van der Waals surface area (Å²) in [6.45, 7) is 6.18. The van der Waals surface area contributed by atoms with E-state index in [1.807, 2.05) is 6.07 Å². The molecule has 1 atom stereocenters. The first-order valence-electron chi connectivity index (χ1n) is 6.50. The van der Waals surface area contributed by atoms with Crippen LogP contribution in [-0.4, -0.2) is 47.6 Å². The van der Waals surface area contributed by atoms with Crippen LogP contribution in [0.5, 0.6) is 5.75 Å². The lowest BCUT2D eigenvalue weighted by molar-refractivity contribution is 0.0878. The summed E-state index contributed by atoms with van der Waals surface area (Å²) in [6, 6.07) is 5.86. The second kappa shape index (κ2) is 5.91. The lowest BCUT2D eigenvalue weighted by Crippen LogP contribution is -2.50. The molecular formula is C14H21ClN2O. The summed E-state index contributed by atoms with van der Waals surface area (Å²) in [5.41, 5.74) is 0.918. The molecule has 2 rings (SSSR count). The van der Waals surface area contributed by atoms with Crippen molar-refractivity contribution in [3.05, 3.63) is 28.8 Å². The van der Waals surface area contributed by atoms with Gasteiger partial charge in [-0.15, -0.1) is 0 Å². The Hall–Kier alpha value is -0.770. The lowest BCUT2D eigenvalue weighted by atomic mass is 10.1. The van der Waals surface area contributed by atoms with Gasteiger partial charge < -0.3 is 10.0 Å². The molecule has 1 aromatic rings. The molecule has 18 heavy (non-hydrogen) atoms. The molecule has 1 saturated heterocycles. The number of piperazine rings is 1. The van der Waals surface area contributed by atoms with Gasteiger partial charge in [-0.2, -0.15) is 0 Å². The average Bonchev–Trinajstić information content (AvgIpc) is 2.36. The first-order valence-corrected chi connectivity index (χ1v) is 6.88. The van der Waals surface area contributed by atoms with Crippen molar-refractivity contribution in [1.82, 2.24) is 9.80 Å². The molecule has 1 N–H and O–H groups in total. The summed E-state index contributed by atoms with van der Waals surface area (Å²) >= 11 is 5.98. The quantitative estimate of drug-likeness (QED) is 0.913. The highest BCUT2D eigenvalue weighted by Gasteiger charge is 2.23. The van der Waals surface area contributed by atoms with Crippen LogP contribution < -0.4 is 0 Å². The molecule has 0 amide bonds. The maximum Gasteiger partial charge on any atom is 0.120 e. The molecule has 0 bridgehead atoms. The normalized spacial score (nSPS) is 22.3. The molecule has 0 saturated carbocycles. The molecule has 100 valence electrons. The molecular weight excluding hydrogens is 248 g/mol. The number of nitrogens with zero attached hydrogens (tertiary/aromatic N) is 2. The minimum absolute atomic E-state index is 0.339. The Balaban J connectivity index is 2.03. The van der Waals surface area contributed by atoms with Crippen molar-refractivity contribution in [2.75, 3.05) is 26.7 Å². The molecule has 1 fully saturated rings. The number of likely N-dealkylation sites (N-methyl/N-ethyl adjacent to an activating group) is 1. The zero-order valence-corrected chi connectivity index (χ0v) is 11.8. The molecule has 0 radical (unpaired) electrons. The number of rotatable bonds is 3. The van der Waals surface area contributed by atoms with Gasteiger partial charge >= 0.3 is 0 Å². The summed E-state index contributed by atoms with van der Waals surface area (Å²) in [5, 5.41) is 10.5. The van der Waals surface area contributed by atoms with Gasteiger partial charge in [-0.05, 0) is 31.7 Å². The number of phenols is 1. The van der Waals surface area contributed by atoms with Gasteiger partial charge in [-0.3, -0.25) is 4.90 Å². The number of aromatic hydroxyl groups is 1. The van der Waals surface area contributed by atoms with Gasteiger partial charge in [0.1, 0.15) is 5.75 Å². The predicted molar refractivity (Wildman–Crippen MR) is 75.1 cm³/mol. The molecule has 0 spiro atoms. The van der Waals surface area contributed by atoms with E-state index in [-0.39, 0.29) is 0 Å². The van der Waals surface area contributed by atoms with Gasteiger partial charge in [0, 0.05) is 42.8 Å². The maximum atomic E-state index is 9.84. The Bertz CT molecular complexity index is 411. The van der Waals surface area contributed by atoms with Crippen molar-refractivity contribution < 1.29 is 5.11 Å². The SMILES string of the molecule is CCC1CN(Cc2cc(Cl)ccc2O)CCN1C. The Labute approximate surface area is 114 Å². The largest absolute Gasteiger partial charge is 0.508 e. The summed E-state index contributed by atoms with van der Waals surface area (Å²) in [7, 11) is 2.18. The number of benzene rings is 1. The van der Waals surface area contributed by atoms with Crippen molar-refractivity contribution in [3.8, 4) is 5.75 Å². The van der Waals surface area contributed by atoms with Gasteiger partial charge in [0.25, 0.3) is 0 Å². The Kier molecular flexibility index (Phi) is 4.49. The zero-order chi connectivity index (χ0) is 13.1. The van der Waals surface area contributed by atoms with Crippen LogP contribution in [-0.2, 0) is 6.54 Å². The zero-order valence-electron chi connectivity index (χ0n) is 11.1. The number of hydrogen-bond donors (Lipinski definition) is 1. The molecule has 4 heteroatoms. The Morgan fingerprint density at radius 1 is 1.39 bits per heavy atom. The van der Waals surface area contributed by atoms with Gasteiger partial charge in [-0.1, -0.05) is 18.5 Å². The van der Waals surface area contributed by atoms with E-state index in [0.29, 0.717) is 16.8 Å². The second-order valence-electron chi connectivity index (χ2n) is 5.05. The van der Waals surface area contributed by atoms with Gasteiger partial charge in [-0.25, -0.2) is 0 Å². The van der Waals surface area contributed by atoms with E-state index in [4.69, 9.17) is 11.6 Å². The fourth-order valence-electron chi connectivity index (χ4n) is 2.52. The highest BCUT2D eigenvalue weighted by Crippen LogP contribution is 2.24. The molecule has 1 aromatic carbocycles. The first kappa shape index (κ1) is 13.7. The number of phenolic OH excluding ortho intramolecular Hbond substituents is 1. The molecule has 1 heterocycles. The van der Waals surface area contributed by atoms with Crippen molar-refractivity contribution >= 4 is 11.6 Å². The second-order valence-corrected chi connectivity index (χ2v) is 5.49. The van der Waals surface area contributed by atoms with E-state index in [1.54, 1.807) is 12.1 Å². The molecule has 0 aromatic heterocycles. The summed E-state index contributed by atoms with van der Waals surface area (Å²) in [6.07, 6.45) is 1.16. The third kappa shape index (κ3) is 3.16. The van der Waals surface area contributed by atoms with Gasteiger partial charge in [0.2, 0.25) is 0 Å². The van der Waals surface area contributed by atoms with Crippen LogP contribution in [0.2, 0.25) is 5.02 Å². The van der Waals surface area contributed by atoms with Crippen molar-refractivity contribution in [1.29, 1.82) is 0 Å². The van der Waals surface area contributed by atoms with Crippen LogP contribution in [0.25, 0.3) is 0 Å². The minimum Gasteiger partial charge on any atom is -0.508 e. The van der Waals surface area contributed by atoms with Crippen molar-refractivity contribution in [2.45, 2.75) is 25.9 Å². The van der Waals surface area contributed by atoms with E-state index in [1.165, 1.54) is 0 Å².